The number of rotatable bonds is 3. The molecule has 90 valence electrons. The van der Waals surface area contributed by atoms with E-state index in [0.717, 1.165) is 45.6 Å². The summed E-state index contributed by atoms with van der Waals surface area (Å²) in [7, 11) is 0. The number of hydrogen-bond acceptors (Lipinski definition) is 3. The average Bonchev–Trinajstić information content (AvgIpc) is 2.31. The van der Waals surface area contributed by atoms with Gasteiger partial charge in [-0.1, -0.05) is 6.08 Å². The monoisotopic (exact) mass is 226 g/mol. The van der Waals surface area contributed by atoms with E-state index in [1.807, 2.05) is 6.08 Å². The molecule has 1 N–H and O–H groups in total. The second-order valence-corrected chi connectivity index (χ2v) is 4.43. The Morgan fingerprint density at radius 1 is 1.44 bits per heavy atom. The zero-order valence-electron chi connectivity index (χ0n) is 9.61. The third-order valence-electron chi connectivity index (χ3n) is 3.09. The summed E-state index contributed by atoms with van der Waals surface area (Å²) < 4.78 is 10.7. The molecule has 2 rings (SSSR count). The van der Waals surface area contributed by atoms with Gasteiger partial charge in [-0.25, -0.2) is 4.79 Å². The summed E-state index contributed by atoms with van der Waals surface area (Å²) in [6.45, 7) is 3.82. The third-order valence-corrected chi connectivity index (χ3v) is 3.09. The molecule has 0 amide bonds. The Balaban J connectivity index is 1.70. The number of carbonyl (C=O) groups excluding carboxylic acids is 1. The zero-order valence-corrected chi connectivity index (χ0v) is 9.61. The number of allylic oxidation sites excluding steroid dienone is 1. The molecule has 1 saturated heterocycles. The molecule has 1 fully saturated rings. The molecule has 1 atom stereocenters. The quantitative estimate of drug-likeness (QED) is 0.523. The minimum atomic E-state index is -0.0755. The molecule has 0 spiro atoms. The van der Waals surface area contributed by atoms with Crippen LogP contribution in [0.4, 0.5) is 0 Å². The van der Waals surface area contributed by atoms with Crippen LogP contribution in [0, 0.1) is 0 Å². The van der Waals surface area contributed by atoms with Crippen LogP contribution in [0.2, 0.25) is 0 Å². The molecular formula is C12H20NO3+. The maximum absolute atomic E-state index is 11.7. The number of ether oxygens (including phenoxy) is 2. The van der Waals surface area contributed by atoms with E-state index in [-0.39, 0.29) is 12.1 Å². The highest BCUT2D eigenvalue weighted by molar-refractivity contribution is 5.70. The van der Waals surface area contributed by atoms with Gasteiger partial charge in [0.15, 0.2) is 6.54 Å². The summed E-state index contributed by atoms with van der Waals surface area (Å²) in [6, 6.07) is 0. The Kier molecular flexibility index (Phi) is 4.36. The Morgan fingerprint density at radius 3 is 2.94 bits per heavy atom. The molecule has 0 saturated carbocycles. The van der Waals surface area contributed by atoms with Gasteiger partial charge in [-0.2, -0.15) is 0 Å². The Morgan fingerprint density at radius 2 is 2.25 bits per heavy atom. The molecule has 0 aromatic carbocycles. The predicted octanol–water partition coefficient (Wildman–Crippen LogP) is -0.447. The van der Waals surface area contributed by atoms with Crippen LogP contribution in [-0.2, 0) is 14.3 Å². The summed E-state index contributed by atoms with van der Waals surface area (Å²) in [4.78, 5) is 12.9. The number of morpholine rings is 1. The summed E-state index contributed by atoms with van der Waals surface area (Å²) >= 11 is 0. The lowest BCUT2D eigenvalue weighted by atomic mass is 10.1. The normalized spacial score (nSPS) is 26.6. The highest BCUT2D eigenvalue weighted by Gasteiger charge is 2.21. The van der Waals surface area contributed by atoms with Gasteiger partial charge in [-0.05, 0) is 25.3 Å². The van der Waals surface area contributed by atoms with Crippen molar-refractivity contribution in [1.82, 2.24) is 0 Å². The molecule has 4 nitrogen and oxygen atoms in total. The lowest BCUT2D eigenvalue weighted by molar-refractivity contribution is -0.900. The van der Waals surface area contributed by atoms with Crippen LogP contribution in [0.25, 0.3) is 0 Å². The van der Waals surface area contributed by atoms with E-state index in [0.29, 0.717) is 6.54 Å². The molecular weight excluding hydrogens is 206 g/mol. The van der Waals surface area contributed by atoms with E-state index in [1.54, 1.807) is 0 Å². The first-order valence-corrected chi connectivity index (χ1v) is 6.12. The summed E-state index contributed by atoms with van der Waals surface area (Å²) in [5.74, 6) is -0.0755. The fourth-order valence-electron chi connectivity index (χ4n) is 2.13. The Hall–Kier alpha value is -0.870. The molecule has 0 aromatic rings. The largest absolute Gasteiger partial charge is 0.454 e. The van der Waals surface area contributed by atoms with Crippen molar-refractivity contribution in [3.63, 3.8) is 0 Å². The first kappa shape index (κ1) is 11.6. The second kappa shape index (κ2) is 6.01. The first-order valence-electron chi connectivity index (χ1n) is 6.12. The minimum Gasteiger partial charge on any atom is -0.454 e. The molecule has 1 aliphatic carbocycles. The maximum atomic E-state index is 11.7. The Labute approximate surface area is 96.2 Å². The lowest BCUT2D eigenvalue weighted by Crippen LogP contribution is -3.15. The van der Waals surface area contributed by atoms with Gasteiger partial charge in [-0.3, -0.25) is 0 Å². The molecule has 1 unspecified atom stereocenters. The topological polar surface area (TPSA) is 40.0 Å². The number of hydrogen-bond donors (Lipinski definition) is 1. The van der Waals surface area contributed by atoms with Gasteiger partial charge in [0.25, 0.3) is 0 Å². The van der Waals surface area contributed by atoms with Gasteiger partial charge in [-0.15, -0.1) is 0 Å². The van der Waals surface area contributed by atoms with E-state index >= 15 is 0 Å². The molecule has 4 heteroatoms. The highest BCUT2D eigenvalue weighted by atomic mass is 16.5. The van der Waals surface area contributed by atoms with Crippen molar-refractivity contribution in [2.45, 2.75) is 25.4 Å². The van der Waals surface area contributed by atoms with Crippen molar-refractivity contribution in [3.8, 4) is 0 Å². The molecule has 0 bridgehead atoms. The van der Waals surface area contributed by atoms with Gasteiger partial charge in [0, 0.05) is 0 Å². The van der Waals surface area contributed by atoms with Crippen molar-refractivity contribution in [1.29, 1.82) is 0 Å². The van der Waals surface area contributed by atoms with Gasteiger partial charge in [0.05, 0.1) is 13.2 Å². The minimum absolute atomic E-state index is 0.0155. The molecule has 0 radical (unpaired) electrons. The Bertz CT molecular complexity index is 259. The molecule has 0 aromatic heterocycles. The van der Waals surface area contributed by atoms with Crippen molar-refractivity contribution < 1.29 is 19.2 Å². The fourth-order valence-corrected chi connectivity index (χ4v) is 2.13. The number of nitrogens with one attached hydrogen (secondary N) is 1. The standard InChI is InChI=1S/C12H19NO3/c14-12(10-13-6-8-15-9-7-13)16-11-4-2-1-3-5-11/h2,4,11H,1,3,5-10H2/p+1. The summed E-state index contributed by atoms with van der Waals surface area (Å²) in [6.07, 6.45) is 7.34. The molecule has 1 heterocycles. The van der Waals surface area contributed by atoms with E-state index < -0.39 is 0 Å². The summed E-state index contributed by atoms with van der Waals surface area (Å²) in [5.41, 5.74) is 0. The van der Waals surface area contributed by atoms with Crippen LogP contribution < -0.4 is 4.90 Å². The SMILES string of the molecule is O=C(C[NH+]1CCOCC1)OC1C=CCCC1. The highest BCUT2D eigenvalue weighted by Crippen LogP contribution is 2.13. The van der Waals surface area contributed by atoms with Crippen molar-refractivity contribution in [2.24, 2.45) is 0 Å². The first-order chi connectivity index (χ1) is 7.84. The van der Waals surface area contributed by atoms with Gasteiger partial charge >= 0.3 is 5.97 Å². The lowest BCUT2D eigenvalue weighted by Gasteiger charge is -2.24. The molecule has 16 heavy (non-hydrogen) atoms. The fraction of sp³-hybridized carbons (Fsp3) is 0.750. The maximum Gasteiger partial charge on any atom is 0.362 e. The second-order valence-electron chi connectivity index (χ2n) is 4.43. The number of carbonyl (C=O) groups is 1. The third kappa shape index (κ3) is 3.61. The van der Waals surface area contributed by atoms with Crippen LogP contribution in [0.3, 0.4) is 0 Å². The van der Waals surface area contributed by atoms with Crippen LogP contribution >= 0.6 is 0 Å². The van der Waals surface area contributed by atoms with Crippen LogP contribution in [-0.4, -0.2) is 44.9 Å². The van der Waals surface area contributed by atoms with Crippen LogP contribution in [0.15, 0.2) is 12.2 Å². The molecule has 2 aliphatic rings. The summed E-state index contributed by atoms with van der Waals surface area (Å²) in [5, 5.41) is 0. The smallest absolute Gasteiger partial charge is 0.362 e. The number of esters is 1. The van der Waals surface area contributed by atoms with Crippen molar-refractivity contribution in [3.05, 3.63) is 12.2 Å². The van der Waals surface area contributed by atoms with E-state index in [1.165, 1.54) is 4.90 Å². The van der Waals surface area contributed by atoms with Gasteiger partial charge < -0.3 is 14.4 Å². The average molecular weight is 226 g/mol. The predicted molar refractivity (Wildman–Crippen MR) is 59.3 cm³/mol. The van der Waals surface area contributed by atoms with Crippen molar-refractivity contribution in [2.75, 3.05) is 32.8 Å². The van der Waals surface area contributed by atoms with Gasteiger partial charge in [0.1, 0.15) is 19.2 Å². The van der Waals surface area contributed by atoms with Crippen LogP contribution in [0.1, 0.15) is 19.3 Å². The van der Waals surface area contributed by atoms with Crippen molar-refractivity contribution >= 4 is 5.97 Å². The van der Waals surface area contributed by atoms with E-state index in [2.05, 4.69) is 6.08 Å². The molecule has 1 aliphatic heterocycles. The van der Waals surface area contributed by atoms with Gasteiger partial charge in [0.2, 0.25) is 0 Å². The van der Waals surface area contributed by atoms with Crippen LogP contribution in [0.5, 0.6) is 0 Å². The van der Waals surface area contributed by atoms with E-state index in [9.17, 15) is 4.79 Å². The zero-order chi connectivity index (χ0) is 11.2. The number of quaternary nitrogens is 1. The van der Waals surface area contributed by atoms with E-state index in [4.69, 9.17) is 9.47 Å².